The first-order chi connectivity index (χ1) is 5.95. The van der Waals surface area contributed by atoms with Crippen LogP contribution < -0.4 is 0 Å². The maximum atomic E-state index is 10.4. The first kappa shape index (κ1) is 12.4. The molecule has 0 unspecified atom stereocenters. The predicted molar refractivity (Wildman–Crippen MR) is 48.6 cm³/mol. The molecule has 4 nitrogen and oxygen atoms in total. The Kier molecular flexibility index (Phi) is 4.95. The normalized spacial score (nSPS) is 14.2. The van der Waals surface area contributed by atoms with Crippen LogP contribution in [0.4, 0.5) is 0 Å². The van der Waals surface area contributed by atoms with Crippen molar-refractivity contribution < 1.29 is 19.7 Å². The number of hydrogen-bond donors (Lipinski definition) is 2. The molecule has 2 N–H and O–H groups in total. The van der Waals surface area contributed by atoms with Crippen LogP contribution in [-0.2, 0) is 9.53 Å². The van der Waals surface area contributed by atoms with Gasteiger partial charge in [0, 0.05) is 0 Å². The lowest BCUT2D eigenvalue weighted by Crippen LogP contribution is -2.36. The fourth-order valence-electron chi connectivity index (χ4n) is 0.806. The van der Waals surface area contributed by atoms with Crippen molar-refractivity contribution in [2.24, 2.45) is 0 Å². The molecule has 0 fully saturated rings. The van der Waals surface area contributed by atoms with E-state index in [4.69, 9.17) is 9.84 Å². The smallest absolute Gasteiger partial charge is 0.332 e. The number of ether oxygens (including phenoxy) is 1. The van der Waals surface area contributed by atoms with Gasteiger partial charge in [-0.3, -0.25) is 0 Å². The summed E-state index contributed by atoms with van der Waals surface area (Å²) < 4.78 is 5.00. The average molecular weight is 190 g/mol. The number of aliphatic hydroxyl groups is 1. The lowest BCUT2D eigenvalue weighted by atomic mass is 9.99. The Morgan fingerprint density at radius 2 is 1.92 bits per heavy atom. The highest BCUT2D eigenvalue weighted by atomic mass is 16.5. The molecule has 0 aliphatic rings. The van der Waals surface area contributed by atoms with Crippen molar-refractivity contribution in [2.45, 2.75) is 45.3 Å². The number of rotatable bonds is 6. The number of hydrogen-bond acceptors (Lipinski definition) is 3. The molecule has 0 rings (SSSR count). The zero-order chi connectivity index (χ0) is 10.5. The zero-order valence-electron chi connectivity index (χ0n) is 8.41. The van der Waals surface area contributed by atoms with Crippen molar-refractivity contribution >= 4 is 5.97 Å². The Labute approximate surface area is 78.5 Å². The standard InChI is InChI=1S/C9H18O4/c1-4-9(12,5-2)6-13-7(3)8(10)11/h7,12H,4-6H2,1-3H3,(H,10,11)/t7-/m0/s1. The van der Waals surface area contributed by atoms with Crippen molar-refractivity contribution in [2.75, 3.05) is 6.61 Å². The topological polar surface area (TPSA) is 66.8 Å². The molecule has 0 spiro atoms. The van der Waals surface area contributed by atoms with E-state index in [0.717, 1.165) is 0 Å². The van der Waals surface area contributed by atoms with Crippen LogP contribution in [0.25, 0.3) is 0 Å². The van der Waals surface area contributed by atoms with Gasteiger partial charge in [0.1, 0.15) is 0 Å². The predicted octanol–water partition coefficient (Wildman–Crippen LogP) is 1.03. The summed E-state index contributed by atoms with van der Waals surface area (Å²) in [6.45, 7) is 5.22. The number of aliphatic carboxylic acids is 1. The average Bonchev–Trinajstić information content (AvgIpc) is 2.13. The van der Waals surface area contributed by atoms with E-state index < -0.39 is 17.7 Å². The van der Waals surface area contributed by atoms with E-state index in [-0.39, 0.29) is 6.61 Å². The van der Waals surface area contributed by atoms with E-state index in [2.05, 4.69) is 0 Å². The highest BCUT2D eigenvalue weighted by Gasteiger charge is 2.24. The molecule has 13 heavy (non-hydrogen) atoms. The molecule has 0 aliphatic heterocycles. The van der Waals surface area contributed by atoms with Gasteiger partial charge in [0.15, 0.2) is 6.10 Å². The second-order valence-electron chi connectivity index (χ2n) is 3.22. The van der Waals surface area contributed by atoms with Gasteiger partial charge < -0.3 is 14.9 Å². The molecule has 0 heterocycles. The molecule has 4 heteroatoms. The lowest BCUT2D eigenvalue weighted by molar-refractivity contribution is -0.154. The van der Waals surface area contributed by atoms with E-state index in [1.54, 1.807) is 0 Å². The molecular weight excluding hydrogens is 172 g/mol. The third-order valence-corrected chi connectivity index (χ3v) is 2.27. The molecule has 0 aromatic carbocycles. The quantitative estimate of drug-likeness (QED) is 0.656. The van der Waals surface area contributed by atoms with Gasteiger partial charge in [-0.2, -0.15) is 0 Å². The summed E-state index contributed by atoms with van der Waals surface area (Å²) in [7, 11) is 0. The lowest BCUT2D eigenvalue weighted by Gasteiger charge is -2.25. The van der Waals surface area contributed by atoms with Gasteiger partial charge in [0.05, 0.1) is 12.2 Å². The van der Waals surface area contributed by atoms with Crippen molar-refractivity contribution in [3.8, 4) is 0 Å². The van der Waals surface area contributed by atoms with Gasteiger partial charge in [-0.05, 0) is 19.8 Å². The third-order valence-electron chi connectivity index (χ3n) is 2.27. The van der Waals surface area contributed by atoms with Gasteiger partial charge in [-0.25, -0.2) is 4.79 Å². The molecule has 0 aromatic heterocycles. The molecule has 1 atom stereocenters. The van der Waals surface area contributed by atoms with Gasteiger partial charge in [0.25, 0.3) is 0 Å². The molecule has 0 radical (unpaired) electrons. The summed E-state index contributed by atoms with van der Waals surface area (Å²) in [5, 5.41) is 18.3. The second kappa shape index (κ2) is 5.19. The largest absolute Gasteiger partial charge is 0.479 e. The Balaban J connectivity index is 3.92. The van der Waals surface area contributed by atoms with E-state index in [1.165, 1.54) is 6.92 Å². The molecule has 78 valence electrons. The Bertz CT molecular complexity index is 163. The van der Waals surface area contributed by atoms with Crippen LogP contribution in [0.1, 0.15) is 33.6 Å². The van der Waals surface area contributed by atoms with Crippen LogP contribution in [-0.4, -0.2) is 34.5 Å². The molecule has 0 saturated heterocycles. The Morgan fingerprint density at radius 3 is 2.23 bits per heavy atom. The van der Waals surface area contributed by atoms with Gasteiger partial charge in [0.2, 0.25) is 0 Å². The highest BCUT2D eigenvalue weighted by molar-refractivity contribution is 5.71. The minimum absolute atomic E-state index is 0.0769. The molecule has 0 bridgehead atoms. The molecule has 0 aliphatic carbocycles. The van der Waals surface area contributed by atoms with E-state index in [1.807, 2.05) is 13.8 Å². The van der Waals surface area contributed by atoms with Crippen molar-refractivity contribution in [1.82, 2.24) is 0 Å². The SMILES string of the molecule is CCC(O)(CC)CO[C@@H](C)C(=O)O. The summed E-state index contributed by atoms with van der Waals surface area (Å²) in [4.78, 5) is 10.4. The maximum Gasteiger partial charge on any atom is 0.332 e. The van der Waals surface area contributed by atoms with Crippen LogP contribution >= 0.6 is 0 Å². The second-order valence-corrected chi connectivity index (χ2v) is 3.22. The summed E-state index contributed by atoms with van der Waals surface area (Å²) in [5.41, 5.74) is -0.885. The minimum atomic E-state index is -1.01. The summed E-state index contributed by atoms with van der Waals surface area (Å²) in [6.07, 6.45) is 0.274. The molecular formula is C9H18O4. The van der Waals surface area contributed by atoms with Gasteiger partial charge in [-0.15, -0.1) is 0 Å². The number of carboxylic acids is 1. The van der Waals surface area contributed by atoms with E-state index >= 15 is 0 Å². The van der Waals surface area contributed by atoms with Gasteiger partial charge >= 0.3 is 5.97 Å². The Hall–Kier alpha value is -0.610. The monoisotopic (exact) mass is 190 g/mol. The molecule has 0 amide bonds. The molecule has 0 saturated carbocycles. The Morgan fingerprint density at radius 1 is 1.46 bits per heavy atom. The van der Waals surface area contributed by atoms with Crippen molar-refractivity contribution in [3.63, 3.8) is 0 Å². The van der Waals surface area contributed by atoms with Crippen molar-refractivity contribution in [1.29, 1.82) is 0 Å². The highest BCUT2D eigenvalue weighted by Crippen LogP contribution is 2.15. The van der Waals surface area contributed by atoms with Gasteiger partial charge in [-0.1, -0.05) is 13.8 Å². The fourth-order valence-corrected chi connectivity index (χ4v) is 0.806. The number of carboxylic acid groups (broad SMARTS) is 1. The summed E-state index contributed by atoms with van der Waals surface area (Å²) >= 11 is 0. The third kappa shape index (κ3) is 4.24. The zero-order valence-corrected chi connectivity index (χ0v) is 8.41. The fraction of sp³-hybridized carbons (Fsp3) is 0.889. The van der Waals surface area contributed by atoms with Crippen molar-refractivity contribution in [3.05, 3.63) is 0 Å². The van der Waals surface area contributed by atoms with E-state index in [0.29, 0.717) is 12.8 Å². The molecule has 0 aromatic rings. The summed E-state index contributed by atoms with van der Waals surface area (Å²) in [6, 6.07) is 0. The van der Waals surface area contributed by atoms with Crippen LogP contribution in [0.2, 0.25) is 0 Å². The summed E-state index contributed by atoms with van der Waals surface area (Å²) in [5.74, 6) is -1.01. The van der Waals surface area contributed by atoms with Crippen LogP contribution in [0, 0.1) is 0 Å². The first-order valence-electron chi connectivity index (χ1n) is 4.52. The minimum Gasteiger partial charge on any atom is -0.479 e. The number of carbonyl (C=O) groups is 1. The van der Waals surface area contributed by atoms with E-state index in [9.17, 15) is 9.90 Å². The van der Waals surface area contributed by atoms with Crippen LogP contribution in [0.15, 0.2) is 0 Å². The van der Waals surface area contributed by atoms with Crippen LogP contribution in [0.3, 0.4) is 0 Å². The van der Waals surface area contributed by atoms with Crippen LogP contribution in [0.5, 0.6) is 0 Å². The first-order valence-corrected chi connectivity index (χ1v) is 4.52. The maximum absolute atomic E-state index is 10.4.